The van der Waals surface area contributed by atoms with E-state index in [2.05, 4.69) is 28.3 Å². The normalized spacial score (nSPS) is 22.1. The number of nitrogens with two attached hydrogens (primary N) is 1. The monoisotopic (exact) mass is 234 g/mol. The van der Waals surface area contributed by atoms with E-state index in [1.165, 1.54) is 32.4 Å². The van der Waals surface area contributed by atoms with E-state index in [0.717, 1.165) is 24.0 Å². The van der Waals surface area contributed by atoms with Crippen molar-refractivity contribution in [3.8, 4) is 0 Å². The number of anilines is 1. The van der Waals surface area contributed by atoms with Gasteiger partial charge in [0.05, 0.1) is 5.69 Å². The molecule has 4 nitrogen and oxygen atoms in total. The van der Waals surface area contributed by atoms with Crippen LogP contribution in [0.5, 0.6) is 0 Å². The zero-order valence-electron chi connectivity index (χ0n) is 10.5. The molecule has 17 heavy (non-hydrogen) atoms. The number of hydrogen-bond acceptors (Lipinski definition) is 4. The van der Waals surface area contributed by atoms with Gasteiger partial charge in [-0.3, -0.25) is 4.90 Å². The van der Waals surface area contributed by atoms with Crippen LogP contribution in [0.15, 0.2) is 18.2 Å². The third-order valence-corrected chi connectivity index (χ3v) is 3.45. The lowest BCUT2D eigenvalue weighted by molar-refractivity contribution is 0.270. The molecule has 0 amide bonds. The summed E-state index contributed by atoms with van der Waals surface area (Å²) >= 11 is 0. The summed E-state index contributed by atoms with van der Waals surface area (Å²) in [6.07, 6.45) is 3.96. The Balaban J connectivity index is 1.94. The topological polar surface area (TPSA) is 54.2 Å². The summed E-state index contributed by atoms with van der Waals surface area (Å²) in [5.74, 6) is 6.98. The van der Waals surface area contributed by atoms with Crippen molar-refractivity contribution in [1.29, 1.82) is 0 Å². The van der Waals surface area contributed by atoms with Gasteiger partial charge in [-0.2, -0.15) is 0 Å². The lowest BCUT2D eigenvalue weighted by Gasteiger charge is -2.19. The molecule has 0 aliphatic carbocycles. The van der Waals surface area contributed by atoms with Gasteiger partial charge in [0, 0.05) is 6.54 Å². The zero-order valence-corrected chi connectivity index (χ0v) is 10.5. The van der Waals surface area contributed by atoms with Crippen LogP contribution in [0.1, 0.15) is 31.9 Å². The molecule has 0 bridgehead atoms. The molecule has 1 unspecified atom stereocenters. The van der Waals surface area contributed by atoms with Gasteiger partial charge >= 0.3 is 0 Å². The fourth-order valence-corrected chi connectivity index (χ4v) is 2.36. The maximum atomic E-state index is 5.37. The van der Waals surface area contributed by atoms with Gasteiger partial charge in [-0.1, -0.05) is 13.0 Å². The van der Waals surface area contributed by atoms with Crippen LogP contribution in [-0.4, -0.2) is 23.0 Å². The molecule has 0 radical (unpaired) electrons. The predicted molar refractivity (Wildman–Crippen MR) is 70.3 cm³/mol. The lowest BCUT2D eigenvalue weighted by atomic mass is 10.0. The molecule has 1 aromatic rings. The van der Waals surface area contributed by atoms with E-state index in [4.69, 9.17) is 5.84 Å². The summed E-state index contributed by atoms with van der Waals surface area (Å²) in [7, 11) is 0. The van der Waals surface area contributed by atoms with Crippen LogP contribution >= 0.6 is 0 Å². The minimum Gasteiger partial charge on any atom is -0.308 e. The Hall–Kier alpha value is -1.13. The van der Waals surface area contributed by atoms with Crippen LogP contribution in [0.2, 0.25) is 0 Å². The minimum atomic E-state index is 0.741. The quantitative estimate of drug-likeness (QED) is 0.620. The molecule has 1 fully saturated rings. The van der Waals surface area contributed by atoms with Gasteiger partial charge < -0.3 is 5.43 Å². The van der Waals surface area contributed by atoms with Gasteiger partial charge in [0.15, 0.2) is 0 Å². The van der Waals surface area contributed by atoms with Crippen LogP contribution in [0.25, 0.3) is 0 Å². The Bertz CT molecular complexity index is 353. The lowest BCUT2D eigenvalue weighted by Crippen LogP contribution is -2.25. The Labute approximate surface area is 103 Å². The van der Waals surface area contributed by atoms with Crippen molar-refractivity contribution in [2.75, 3.05) is 18.5 Å². The summed E-state index contributed by atoms with van der Waals surface area (Å²) < 4.78 is 0. The number of rotatable bonds is 3. The first-order valence-corrected chi connectivity index (χ1v) is 6.43. The fourth-order valence-electron chi connectivity index (χ4n) is 2.36. The highest BCUT2D eigenvalue weighted by Gasteiger charge is 2.14. The Morgan fingerprint density at radius 3 is 3.12 bits per heavy atom. The van der Waals surface area contributed by atoms with E-state index in [1.54, 1.807) is 0 Å². The average Bonchev–Trinajstić information content (AvgIpc) is 2.55. The number of nitrogen functional groups attached to an aromatic ring is 1. The highest BCUT2D eigenvalue weighted by Crippen LogP contribution is 2.18. The number of pyridine rings is 1. The summed E-state index contributed by atoms with van der Waals surface area (Å²) in [5, 5.41) is 0. The van der Waals surface area contributed by atoms with Crippen LogP contribution in [0.4, 0.5) is 5.82 Å². The molecule has 1 saturated heterocycles. The maximum absolute atomic E-state index is 5.37. The Morgan fingerprint density at radius 1 is 1.41 bits per heavy atom. The van der Waals surface area contributed by atoms with Gasteiger partial charge in [-0.05, 0) is 50.4 Å². The molecule has 0 spiro atoms. The summed E-state index contributed by atoms with van der Waals surface area (Å²) in [5.41, 5.74) is 3.69. The molecule has 1 aliphatic rings. The third-order valence-electron chi connectivity index (χ3n) is 3.45. The van der Waals surface area contributed by atoms with Crippen LogP contribution < -0.4 is 11.3 Å². The molecule has 2 rings (SSSR count). The average molecular weight is 234 g/mol. The fraction of sp³-hybridized carbons (Fsp3) is 0.615. The first kappa shape index (κ1) is 12.3. The van der Waals surface area contributed by atoms with Gasteiger partial charge in [-0.15, -0.1) is 0 Å². The molecular formula is C13H22N4. The molecule has 1 aromatic heterocycles. The number of nitrogens with zero attached hydrogens (tertiary/aromatic N) is 2. The summed E-state index contributed by atoms with van der Waals surface area (Å²) in [4.78, 5) is 6.95. The van der Waals surface area contributed by atoms with Gasteiger partial charge in [0.2, 0.25) is 0 Å². The van der Waals surface area contributed by atoms with E-state index < -0.39 is 0 Å². The van der Waals surface area contributed by atoms with Crippen molar-refractivity contribution in [2.24, 2.45) is 11.8 Å². The second-order valence-corrected chi connectivity index (χ2v) is 4.97. The maximum Gasteiger partial charge on any atom is 0.140 e. The molecule has 1 atom stereocenters. The molecule has 1 aliphatic heterocycles. The zero-order chi connectivity index (χ0) is 12.1. The largest absolute Gasteiger partial charge is 0.308 e. The molecule has 94 valence electrons. The van der Waals surface area contributed by atoms with E-state index >= 15 is 0 Å². The minimum absolute atomic E-state index is 0.741. The van der Waals surface area contributed by atoms with E-state index in [0.29, 0.717) is 0 Å². The Morgan fingerprint density at radius 2 is 2.29 bits per heavy atom. The van der Waals surface area contributed by atoms with Crippen molar-refractivity contribution < 1.29 is 0 Å². The van der Waals surface area contributed by atoms with Gasteiger partial charge in [0.1, 0.15) is 5.82 Å². The first-order chi connectivity index (χ1) is 8.28. The molecule has 0 aromatic carbocycles. The predicted octanol–water partition coefficient (Wildman–Crippen LogP) is 1.99. The molecule has 3 N–H and O–H groups in total. The van der Waals surface area contributed by atoms with E-state index in [-0.39, 0.29) is 0 Å². The van der Waals surface area contributed by atoms with E-state index in [9.17, 15) is 0 Å². The molecular weight excluding hydrogens is 212 g/mol. The van der Waals surface area contributed by atoms with Crippen LogP contribution in [0, 0.1) is 5.92 Å². The van der Waals surface area contributed by atoms with Crippen molar-refractivity contribution in [3.05, 3.63) is 23.9 Å². The van der Waals surface area contributed by atoms with Crippen molar-refractivity contribution in [1.82, 2.24) is 9.88 Å². The Kier molecular flexibility index (Phi) is 4.34. The van der Waals surface area contributed by atoms with Crippen molar-refractivity contribution >= 4 is 5.82 Å². The highest BCUT2D eigenvalue weighted by atomic mass is 15.3. The molecule has 0 saturated carbocycles. The molecule has 2 heterocycles. The summed E-state index contributed by atoms with van der Waals surface area (Å²) in [6.45, 7) is 5.65. The van der Waals surface area contributed by atoms with Crippen molar-refractivity contribution in [2.45, 2.75) is 32.7 Å². The highest BCUT2D eigenvalue weighted by molar-refractivity contribution is 5.33. The number of aromatic nitrogens is 1. The number of hydrazine groups is 1. The van der Waals surface area contributed by atoms with Gasteiger partial charge in [-0.25, -0.2) is 10.8 Å². The second kappa shape index (κ2) is 5.98. The van der Waals surface area contributed by atoms with Gasteiger partial charge in [0.25, 0.3) is 0 Å². The second-order valence-electron chi connectivity index (χ2n) is 4.97. The number of hydrogen-bond donors (Lipinski definition) is 2. The van der Waals surface area contributed by atoms with Crippen LogP contribution in [0.3, 0.4) is 0 Å². The van der Waals surface area contributed by atoms with Crippen molar-refractivity contribution in [3.63, 3.8) is 0 Å². The SMILES string of the molecule is CC1CCCN(Cc2cccc(NN)n2)CC1. The van der Waals surface area contributed by atoms with Crippen LogP contribution in [-0.2, 0) is 6.54 Å². The third kappa shape index (κ3) is 3.68. The molecule has 4 heteroatoms. The standard InChI is InChI=1S/C13H22N4/c1-11-4-3-8-17(9-7-11)10-12-5-2-6-13(15-12)16-14/h2,5-6,11H,3-4,7-10,14H2,1H3,(H,15,16). The number of nitrogens with one attached hydrogen (secondary N) is 1. The first-order valence-electron chi connectivity index (χ1n) is 6.43. The van der Waals surface area contributed by atoms with E-state index in [1.807, 2.05) is 12.1 Å². The summed E-state index contributed by atoms with van der Waals surface area (Å²) in [6, 6.07) is 5.95. The smallest absolute Gasteiger partial charge is 0.140 e. The number of likely N-dealkylation sites (tertiary alicyclic amines) is 1.